The van der Waals surface area contributed by atoms with Gasteiger partial charge in [0.2, 0.25) is 17.7 Å². The summed E-state index contributed by atoms with van der Waals surface area (Å²) in [6.07, 6.45) is -0.777. The lowest BCUT2D eigenvalue weighted by Crippen LogP contribution is -2.57. The lowest BCUT2D eigenvalue weighted by molar-refractivity contribution is -0.142. The molecule has 32 heavy (non-hydrogen) atoms. The van der Waals surface area contributed by atoms with Crippen molar-refractivity contribution in [3.05, 3.63) is 29.8 Å². The molecular weight excluding hydrogens is 428 g/mol. The highest BCUT2D eigenvalue weighted by Crippen LogP contribution is 2.11. The fourth-order valence-corrected chi connectivity index (χ4v) is 2.50. The summed E-state index contributed by atoms with van der Waals surface area (Å²) in [6, 6.07) is 0.132. The molecule has 176 valence electrons. The van der Waals surface area contributed by atoms with Crippen molar-refractivity contribution in [2.45, 2.75) is 43.9 Å². The second kappa shape index (κ2) is 12.2. The van der Waals surface area contributed by atoms with Crippen LogP contribution in [-0.2, 0) is 30.4 Å². The molecule has 0 bridgehead atoms. The van der Waals surface area contributed by atoms with Gasteiger partial charge in [0.05, 0.1) is 19.1 Å². The van der Waals surface area contributed by atoms with E-state index >= 15 is 0 Å². The van der Waals surface area contributed by atoms with Gasteiger partial charge in [-0.15, -0.1) is 0 Å². The summed E-state index contributed by atoms with van der Waals surface area (Å²) in [7, 11) is 0. The summed E-state index contributed by atoms with van der Waals surface area (Å²) in [6.45, 7) is 0.389. The van der Waals surface area contributed by atoms with E-state index < -0.39 is 66.9 Å². The lowest BCUT2D eigenvalue weighted by Gasteiger charge is -2.22. The Bertz CT molecular complexity index is 844. The first-order valence-corrected chi connectivity index (χ1v) is 9.44. The Kier molecular flexibility index (Phi) is 10.1. The number of carboxylic acid groups (broad SMARTS) is 2. The normalized spacial score (nSPS) is 14.3. The molecule has 4 unspecified atom stereocenters. The van der Waals surface area contributed by atoms with E-state index in [9.17, 15) is 39.3 Å². The Morgan fingerprint density at radius 2 is 1.47 bits per heavy atom. The average Bonchev–Trinajstić information content (AvgIpc) is 2.71. The Morgan fingerprint density at radius 3 is 1.97 bits per heavy atom. The van der Waals surface area contributed by atoms with Gasteiger partial charge in [0, 0.05) is 6.42 Å². The van der Waals surface area contributed by atoms with Gasteiger partial charge in [0.15, 0.2) is 0 Å². The fourth-order valence-electron chi connectivity index (χ4n) is 2.50. The molecule has 13 heteroatoms. The highest BCUT2D eigenvalue weighted by Gasteiger charge is 2.28. The maximum atomic E-state index is 12.4. The van der Waals surface area contributed by atoms with E-state index in [0.29, 0.717) is 5.56 Å². The number of hydrogen-bond donors (Lipinski definition) is 8. The molecule has 0 aliphatic carbocycles. The number of nitrogens with two attached hydrogens (primary N) is 1. The van der Waals surface area contributed by atoms with Crippen LogP contribution in [0.4, 0.5) is 0 Å². The third-order valence-electron chi connectivity index (χ3n) is 4.29. The van der Waals surface area contributed by atoms with Crippen LogP contribution in [0.2, 0.25) is 0 Å². The molecule has 4 atom stereocenters. The zero-order valence-corrected chi connectivity index (χ0v) is 17.1. The zero-order chi connectivity index (χ0) is 24.4. The van der Waals surface area contributed by atoms with E-state index in [1.54, 1.807) is 0 Å². The van der Waals surface area contributed by atoms with Crippen LogP contribution in [0.1, 0.15) is 18.9 Å². The van der Waals surface area contributed by atoms with E-state index in [4.69, 9.17) is 10.8 Å². The molecule has 0 fully saturated rings. The van der Waals surface area contributed by atoms with Gasteiger partial charge in [0.1, 0.15) is 23.9 Å². The Labute approximate surface area is 182 Å². The molecule has 0 radical (unpaired) electrons. The third kappa shape index (κ3) is 8.57. The molecule has 0 aliphatic heterocycles. The summed E-state index contributed by atoms with van der Waals surface area (Å²) < 4.78 is 0. The molecular formula is C19H26N4O9. The summed E-state index contributed by atoms with van der Waals surface area (Å²) in [5.41, 5.74) is 5.91. The highest BCUT2D eigenvalue weighted by atomic mass is 16.4. The molecule has 3 amide bonds. The van der Waals surface area contributed by atoms with Crippen molar-refractivity contribution in [1.29, 1.82) is 0 Å². The molecule has 1 aromatic carbocycles. The maximum absolute atomic E-state index is 12.4. The van der Waals surface area contributed by atoms with E-state index in [1.807, 2.05) is 0 Å². The number of benzene rings is 1. The van der Waals surface area contributed by atoms with Crippen LogP contribution in [0.3, 0.4) is 0 Å². The number of aromatic hydroxyl groups is 1. The van der Waals surface area contributed by atoms with Crippen molar-refractivity contribution in [2.75, 3.05) is 6.61 Å². The van der Waals surface area contributed by atoms with Crippen LogP contribution in [0.5, 0.6) is 5.75 Å². The number of carbonyl (C=O) groups excluding carboxylic acids is 3. The molecule has 0 heterocycles. The summed E-state index contributed by atoms with van der Waals surface area (Å²) in [5.74, 6) is -5.45. The summed E-state index contributed by atoms with van der Waals surface area (Å²) >= 11 is 0. The van der Waals surface area contributed by atoms with Crippen LogP contribution >= 0.6 is 0 Å². The Morgan fingerprint density at radius 1 is 0.906 bits per heavy atom. The lowest BCUT2D eigenvalue weighted by atomic mass is 10.1. The van der Waals surface area contributed by atoms with Gasteiger partial charge in [-0.2, -0.15) is 0 Å². The second-order valence-corrected chi connectivity index (χ2v) is 6.95. The predicted molar refractivity (Wildman–Crippen MR) is 108 cm³/mol. The smallest absolute Gasteiger partial charge is 0.326 e. The van der Waals surface area contributed by atoms with Crippen LogP contribution < -0.4 is 21.7 Å². The van der Waals surface area contributed by atoms with Gasteiger partial charge in [-0.05, 0) is 24.6 Å². The topological polar surface area (TPSA) is 228 Å². The minimum Gasteiger partial charge on any atom is -0.508 e. The molecule has 1 rings (SSSR count). The first kappa shape index (κ1) is 26.3. The third-order valence-corrected chi connectivity index (χ3v) is 4.29. The van der Waals surface area contributed by atoms with Crippen molar-refractivity contribution in [3.63, 3.8) is 0 Å². The molecule has 0 spiro atoms. The van der Waals surface area contributed by atoms with E-state index in [1.165, 1.54) is 31.2 Å². The number of aliphatic hydroxyl groups is 1. The van der Waals surface area contributed by atoms with Crippen molar-refractivity contribution in [1.82, 2.24) is 16.0 Å². The van der Waals surface area contributed by atoms with E-state index in [-0.39, 0.29) is 12.2 Å². The largest absolute Gasteiger partial charge is 0.508 e. The summed E-state index contributed by atoms with van der Waals surface area (Å²) in [4.78, 5) is 58.5. The molecule has 0 aliphatic rings. The minimum absolute atomic E-state index is 0.0159. The maximum Gasteiger partial charge on any atom is 0.326 e. The number of rotatable bonds is 12. The Balaban J connectivity index is 2.71. The Hall–Kier alpha value is -3.71. The number of phenols is 1. The SMILES string of the molecule is CC(NC(=O)C(N)CC(=O)O)C(=O)NC(CO)C(=O)NC(Cc1ccc(O)cc1)C(=O)O. The minimum atomic E-state index is -1.52. The summed E-state index contributed by atoms with van der Waals surface area (Å²) in [5, 5.41) is 43.3. The van der Waals surface area contributed by atoms with Gasteiger partial charge in [-0.1, -0.05) is 12.1 Å². The van der Waals surface area contributed by atoms with Gasteiger partial charge in [-0.25, -0.2) is 4.79 Å². The van der Waals surface area contributed by atoms with Crippen molar-refractivity contribution < 1.29 is 44.4 Å². The number of nitrogens with one attached hydrogen (secondary N) is 3. The first-order chi connectivity index (χ1) is 14.9. The number of hydrogen-bond acceptors (Lipinski definition) is 8. The molecule has 9 N–H and O–H groups in total. The molecule has 0 aromatic heterocycles. The number of carbonyl (C=O) groups is 5. The number of amides is 3. The first-order valence-electron chi connectivity index (χ1n) is 9.44. The van der Waals surface area contributed by atoms with E-state index in [0.717, 1.165) is 0 Å². The molecule has 13 nitrogen and oxygen atoms in total. The van der Waals surface area contributed by atoms with Gasteiger partial charge >= 0.3 is 11.9 Å². The fraction of sp³-hybridized carbons (Fsp3) is 0.421. The molecule has 0 saturated heterocycles. The number of aliphatic hydroxyl groups excluding tert-OH is 1. The van der Waals surface area contributed by atoms with E-state index in [2.05, 4.69) is 16.0 Å². The van der Waals surface area contributed by atoms with Gasteiger partial charge < -0.3 is 42.1 Å². The van der Waals surface area contributed by atoms with Crippen molar-refractivity contribution in [3.8, 4) is 5.75 Å². The van der Waals surface area contributed by atoms with Gasteiger partial charge in [0.25, 0.3) is 0 Å². The van der Waals surface area contributed by atoms with Crippen LogP contribution in [0.25, 0.3) is 0 Å². The van der Waals surface area contributed by atoms with Crippen molar-refractivity contribution in [2.24, 2.45) is 5.73 Å². The van der Waals surface area contributed by atoms with Crippen LogP contribution in [-0.4, -0.2) is 80.9 Å². The second-order valence-electron chi connectivity index (χ2n) is 6.95. The number of phenolic OH excluding ortho intramolecular Hbond substituents is 1. The number of carboxylic acids is 2. The quantitative estimate of drug-likeness (QED) is 0.163. The monoisotopic (exact) mass is 454 g/mol. The average molecular weight is 454 g/mol. The van der Waals surface area contributed by atoms with Gasteiger partial charge in [-0.3, -0.25) is 19.2 Å². The number of aliphatic carboxylic acids is 2. The molecule has 1 aromatic rings. The van der Waals surface area contributed by atoms with Crippen LogP contribution in [0.15, 0.2) is 24.3 Å². The molecule has 0 saturated carbocycles. The zero-order valence-electron chi connectivity index (χ0n) is 17.1. The highest BCUT2D eigenvalue weighted by molar-refractivity contribution is 5.94. The van der Waals surface area contributed by atoms with Crippen LogP contribution in [0, 0.1) is 0 Å². The predicted octanol–water partition coefficient (Wildman–Crippen LogP) is -2.71. The standard InChI is InChI=1S/C19H26N4O9/c1-9(21-17(29)12(20)7-15(26)27)16(28)23-14(8-24)18(30)22-13(19(31)32)6-10-2-4-11(25)5-3-10/h2-5,9,12-14,24-25H,6-8,20H2,1H3,(H,21,29)(H,22,30)(H,23,28)(H,26,27)(H,31,32). The van der Waals surface area contributed by atoms with Crippen molar-refractivity contribution >= 4 is 29.7 Å².